The summed E-state index contributed by atoms with van der Waals surface area (Å²) in [5, 5.41) is 19.8. The number of hydrogen-bond acceptors (Lipinski definition) is 7. The number of rotatable bonds is 5. The van der Waals surface area contributed by atoms with Crippen molar-refractivity contribution in [1.29, 1.82) is 0 Å². The summed E-state index contributed by atoms with van der Waals surface area (Å²) in [4.78, 5) is 6.93. The lowest BCUT2D eigenvalue weighted by molar-refractivity contribution is -0.0145. The smallest absolute Gasteiger partial charge is 0.165 e. The van der Waals surface area contributed by atoms with Crippen LogP contribution in [0.15, 0.2) is 18.2 Å². The first-order valence-corrected chi connectivity index (χ1v) is 9.98. The van der Waals surface area contributed by atoms with Crippen molar-refractivity contribution in [3.05, 3.63) is 29.3 Å². The summed E-state index contributed by atoms with van der Waals surface area (Å²) < 4.78 is 6.41. The largest absolute Gasteiger partial charge is 0.473 e. The molecule has 1 saturated heterocycles. The number of fused-ring (bicyclic) bond motifs is 3. The number of aliphatic hydroxyl groups is 2. The molecule has 4 atom stereocenters. The molecule has 4 N–H and O–H groups in total. The maximum atomic E-state index is 10.0. The van der Waals surface area contributed by atoms with E-state index in [1.165, 1.54) is 5.56 Å². The van der Waals surface area contributed by atoms with Gasteiger partial charge in [-0.25, -0.2) is 0 Å². The number of benzene rings is 1. The molecular formula is C20H34N4O3. The Labute approximate surface area is 162 Å². The lowest BCUT2D eigenvalue weighted by atomic mass is 10.1. The molecule has 1 fully saturated rings. The minimum absolute atomic E-state index is 0.101. The number of hydrogen-bond donors (Lipinski definition) is 3. The summed E-state index contributed by atoms with van der Waals surface area (Å²) >= 11 is 0. The van der Waals surface area contributed by atoms with Crippen LogP contribution in [-0.4, -0.2) is 89.2 Å². The third kappa shape index (κ3) is 5.63. The van der Waals surface area contributed by atoms with Gasteiger partial charge in [0.15, 0.2) is 6.23 Å². The molecule has 7 nitrogen and oxygen atoms in total. The third-order valence-corrected chi connectivity index (χ3v) is 5.30. The van der Waals surface area contributed by atoms with Gasteiger partial charge >= 0.3 is 0 Å². The molecule has 2 aliphatic heterocycles. The fourth-order valence-corrected chi connectivity index (χ4v) is 3.98. The van der Waals surface area contributed by atoms with Crippen molar-refractivity contribution in [3.63, 3.8) is 0 Å². The van der Waals surface area contributed by atoms with Crippen LogP contribution in [0.25, 0.3) is 0 Å². The van der Waals surface area contributed by atoms with Crippen LogP contribution in [0, 0.1) is 0 Å². The second-order valence-electron chi connectivity index (χ2n) is 7.95. The van der Waals surface area contributed by atoms with Crippen molar-refractivity contribution in [2.75, 3.05) is 45.8 Å². The molecule has 27 heavy (non-hydrogen) atoms. The molecule has 0 amide bonds. The topological polar surface area (TPSA) is 85.4 Å². The van der Waals surface area contributed by atoms with Gasteiger partial charge in [-0.1, -0.05) is 6.07 Å². The lowest BCUT2D eigenvalue weighted by Gasteiger charge is -2.33. The second kappa shape index (κ2) is 9.32. The van der Waals surface area contributed by atoms with E-state index in [4.69, 9.17) is 10.5 Å². The van der Waals surface area contributed by atoms with Crippen LogP contribution in [0.1, 0.15) is 25.0 Å². The Balaban J connectivity index is 1.86. The molecule has 0 saturated carbocycles. The highest BCUT2D eigenvalue weighted by atomic mass is 16.5. The van der Waals surface area contributed by atoms with Crippen LogP contribution >= 0.6 is 0 Å². The summed E-state index contributed by atoms with van der Waals surface area (Å²) in [7, 11) is 0. The Morgan fingerprint density at radius 1 is 1.11 bits per heavy atom. The molecule has 7 heteroatoms. The fraction of sp³-hybridized carbons (Fsp3) is 0.700. The van der Waals surface area contributed by atoms with Gasteiger partial charge in [-0.2, -0.15) is 0 Å². The third-order valence-electron chi connectivity index (χ3n) is 5.30. The SMILES string of the molecule is C[C@H](O)CN1CCN2Cc3cc(CN)ccc3OC(C2)N(C[C@H](C)O)CC1. The van der Waals surface area contributed by atoms with E-state index in [0.29, 0.717) is 19.6 Å². The van der Waals surface area contributed by atoms with Gasteiger partial charge < -0.3 is 20.7 Å². The van der Waals surface area contributed by atoms with Crippen molar-refractivity contribution < 1.29 is 14.9 Å². The molecule has 0 aromatic heterocycles. The summed E-state index contributed by atoms with van der Waals surface area (Å²) in [6, 6.07) is 6.20. The van der Waals surface area contributed by atoms with Gasteiger partial charge in [0.25, 0.3) is 0 Å². The van der Waals surface area contributed by atoms with Crippen molar-refractivity contribution in [2.24, 2.45) is 5.73 Å². The van der Waals surface area contributed by atoms with Gasteiger partial charge in [0.1, 0.15) is 5.75 Å². The van der Waals surface area contributed by atoms with Crippen molar-refractivity contribution in [3.8, 4) is 5.75 Å². The van der Waals surface area contributed by atoms with Crippen LogP contribution in [0.5, 0.6) is 5.75 Å². The van der Waals surface area contributed by atoms with Crippen molar-refractivity contribution >= 4 is 0 Å². The number of β-amino-alcohol motifs (C(OH)–C–C–N with tert-alkyl or cyclic N) is 2. The zero-order chi connectivity index (χ0) is 19.4. The second-order valence-corrected chi connectivity index (χ2v) is 7.95. The Morgan fingerprint density at radius 2 is 1.85 bits per heavy atom. The van der Waals surface area contributed by atoms with E-state index < -0.39 is 6.10 Å². The maximum Gasteiger partial charge on any atom is 0.165 e. The highest BCUT2D eigenvalue weighted by Gasteiger charge is 2.30. The minimum atomic E-state index is -0.421. The number of nitrogens with zero attached hydrogens (tertiary/aromatic N) is 3. The van der Waals surface area contributed by atoms with E-state index >= 15 is 0 Å². The molecule has 1 aromatic carbocycles. The normalized spacial score (nSPS) is 26.7. The fourth-order valence-electron chi connectivity index (χ4n) is 3.98. The maximum absolute atomic E-state index is 10.0. The predicted octanol–water partition coefficient (Wildman–Crippen LogP) is 0.0450. The van der Waals surface area contributed by atoms with E-state index in [2.05, 4.69) is 20.8 Å². The molecule has 3 rings (SSSR count). The van der Waals surface area contributed by atoms with Crippen LogP contribution in [0.3, 0.4) is 0 Å². The first-order chi connectivity index (χ1) is 12.9. The van der Waals surface area contributed by atoms with Gasteiger partial charge in [0, 0.05) is 64.5 Å². The van der Waals surface area contributed by atoms with E-state index in [9.17, 15) is 10.2 Å². The van der Waals surface area contributed by atoms with Crippen LogP contribution in [0.4, 0.5) is 0 Å². The van der Waals surface area contributed by atoms with Gasteiger partial charge in [-0.3, -0.25) is 14.7 Å². The minimum Gasteiger partial charge on any atom is -0.473 e. The van der Waals surface area contributed by atoms with E-state index in [0.717, 1.165) is 50.6 Å². The average Bonchev–Trinajstić information content (AvgIpc) is 2.75. The summed E-state index contributed by atoms with van der Waals surface area (Å²) in [5.41, 5.74) is 8.10. The van der Waals surface area contributed by atoms with Gasteiger partial charge in [-0.05, 0) is 31.5 Å². The molecule has 2 heterocycles. The number of ether oxygens (including phenoxy) is 1. The average molecular weight is 379 g/mol. The lowest BCUT2D eigenvalue weighted by Crippen LogP contribution is -2.49. The van der Waals surface area contributed by atoms with Gasteiger partial charge in [0.2, 0.25) is 0 Å². The Hall–Kier alpha value is -1.22. The van der Waals surface area contributed by atoms with Crippen LogP contribution in [0.2, 0.25) is 0 Å². The van der Waals surface area contributed by atoms with Gasteiger partial charge in [0.05, 0.1) is 12.2 Å². The quantitative estimate of drug-likeness (QED) is 0.667. The zero-order valence-corrected chi connectivity index (χ0v) is 16.5. The molecule has 0 aliphatic carbocycles. The Morgan fingerprint density at radius 3 is 2.56 bits per heavy atom. The summed E-state index contributed by atoms with van der Waals surface area (Å²) in [5.74, 6) is 0.914. The highest BCUT2D eigenvalue weighted by Crippen LogP contribution is 2.28. The number of aliphatic hydroxyl groups excluding tert-OH is 2. The van der Waals surface area contributed by atoms with Gasteiger partial charge in [-0.15, -0.1) is 0 Å². The van der Waals surface area contributed by atoms with Crippen LogP contribution < -0.4 is 10.5 Å². The first-order valence-electron chi connectivity index (χ1n) is 9.98. The molecule has 2 unspecified atom stereocenters. The summed E-state index contributed by atoms with van der Waals surface area (Å²) in [6.07, 6.45) is -0.872. The van der Waals surface area contributed by atoms with Crippen molar-refractivity contribution in [1.82, 2.24) is 14.7 Å². The van der Waals surface area contributed by atoms with E-state index in [1.54, 1.807) is 0 Å². The number of nitrogens with two attached hydrogens (primary N) is 1. The molecule has 1 aromatic rings. The summed E-state index contributed by atoms with van der Waals surface area (Å²) in [6.45, 7) is 10.5. The van der Waals surface area contributed by atoms with Crippen molar-refractivity contribution in [2.45, 2.75) is 45.4 Å². The zero-order valence-electron chi connectivity index (χ0n) is 16.5. The predicted molar refractivity (Wildman–Crippen MR) is 105 cm³/mol. The van der Waals surface area contributed by atoms with E-state index in [1.807, 2.05) is 26.0 Å². The molecule has 152 valence electrons. The Bertz CT molecular complexity index is 611. The molecule has 2 bridgehead atoms. The van der Waals surface area contributed by atoms with E-state index in [-0.39, 0.29) is 12.3 Å². The molecule has 2 aliphatic rings. The molecule has 0 spiro atoms. The first kappa shape index (κ1) is 20.5. The highest BCUT2D eigenvalue weighted by molar-refractivity contribution is 5.38. The molecule has 0 radical (unpaired) electrons. The Kier molecular flexibility index (Phi) is 7.08. The standard InChI is InChI=1S/C20H34N4O3/c1-15(25)11-22-5-6-23-13-18-9-17(10-21)3-4-19(18)27-20(14-23)24(8-7-22)12-16(2)26/h3-4,9,15-16,20,25-26H,5-8,10-14,21H2,1-2H3/t15-,16-,20?/m0/s1. The molecular weight excluding hydrogens is 344 g/mol. The van der Waals surface area contributed by atoms with Crippen LogP contribution in [-0.2, 0) is 13.1 Å². The monoisotopic (exact) mass is 378 g/mol.